The highest BCUT2D eigenvalue weighted by Gasteiger charge is 2.21. The molecule has 1 N–H and O–H groups in total. The van der Waals surface area contributed by atoms with Gasteiger partial charge in [-0.3, -0.25) is 4.68 Å². The average Bonchev–Trinajstić information content (AvgIpc) is 2.68. The van der Waals surface area contributed by atoms with Crippen molar-refractivity contribution in [2.75, 3.05) is 6.54 Å². The Morgan fingerprint density at radius 1 is 1.38 bits per heavy atom. The fourth-order valence-electron chi connectivity index (χ4n) is 2.74. The molecule has 3 nitrogen and oxygen atoms in total. The number of hydrogen-bond donors (Lipinski definition) is 1. The summed E-state index contributed by atoms with van der Waals surface area (Å²) in [7, 11) is 1.95. The van der Waals surface area contributed by atoms with Crippen molar-refractivity contribution in [3.8, 4) is 0 Å². The van der Waals surface area contributed by atoms with Gasteiger partial charge < -0.3 is 5.32 Å². The van der Waals surface area contributed by atoms with Gasteiger partial charge in [0.05, 0.1) is 10.2 Å². The fraction of sp³-hybridized carbons (Fsp3) is 0.438. The Hall–Kier alpha value is -1.20. The van der Waals surface area contributed by atoms with E-state index in [4.69, 9.17) is 0 Å². The molecule has 0 saturated carbocycles. The molecule has 114 valence electrons. The normalized spacial score (nSPS) is 12.7. The lowest BCUT2D eigenvalue weighted by Gasteiger charge is -2.20. The van der Waals surface area contributed by atoms with Crippen molar-refractivity contribution in [3.63, 3.8) is 0 Å². The van der Waals surface area contributed by atoms with Gasteiger partial charge in [0.25, 0.3) is 0 Å². The van der Waals surface area contributed by atoms with Gasteiger partial charge in [0.1, 0.15) is 5.82 Å². The molecule has 0 aliphatic heterocycles. The summed E-state index contributed by atoms with van der Waals surface area (Å²) in [5.74, 6) is -0.220. The minimum absolute atomic E-state index is 0.127. The van der Waals surface area contributed by atoms with Gasteiger partial charge in [-0.25, -0.2) is 4.39 Å². The molecule has 0 bridgehead atoms. The average molecular weight is 354 g/mol. The van der Waals surface area contributed by atoms with E-state index in [1.165, 1.54) is 11.6 Å². The summed E-state index contributed by atoms with van der Waals surface area (Å²) in [6.07, 6.45) is 0.722. The van der Waals surface area contributed by atoms with Gasteiger partial charge in [0, 0.05) is 24.3 Å². The van der Waals surface area contributed by atoms with Crippen LogP contribution in [-0.4, -0.2) is 16.3 Å². The molecule has 2 rings (SSSR count). The van der Waals surface area contributed by atoms with Gasteiger partial charge in [0.15, 0.2) is 0 Å². The van der Waals surface area contributed by atoms with Crippen LogP contribution in [-0.2, 0) is 13.5 Å². The maximum atomic E-state index is 13.7. The lowest BCUT2D eigenvalue weighted by atomic mass is 9.97. The van der Waals surface area contributed by atoms with Crippen LogP contribution in [0.4, 0.5) is 4.39 Å². The van der Waals surface area contributed by atoms with Crippen molar-refractivity contribution in [2.45, 2.75) is 33.2 Å². The van der Waals surface area contributed by atoms with Crippen LogP contribution >= 0.6 is 15.9 Å². The van der Waals surface area contributed by atoms with Gasteiger partial charge in [-0.05, 0) is 54.4 Å². The van der Waals surface area contributed by atoms with Crippen molar-refractivity contribution in [1.82, 2.24) is 15.1 Å². The molecule has 0 saturated heterocycles. The SMILES string of the molecule is CCNC(Cc1cccc(F)c1Br)c1c(C)nn(C)c1C. The summed E-state index contributed by atoms with van der Waals surface area (Å²) in [5.41, 5.74) is 4.33. The van der Waals surface area contributed by atoms with Crippen LogP contribution in [0.15, 0.2) is 22.7 Å². The number of halogens is 2. The Morgan fingerprint density at radius 2 is 2.10 bits per heavy atom. The smallest absolute Gasteiger partial charge is 0.137 e. The number of likely N-dealkylation sites (N-methyl/N-ethyl adjacent to an activating group) is 1. The predicted molar refractivity (Wildman–Crippen MR) is 86.9 cm³/mol. The molecular weight excluding hydrogens is 333 g/mol. The number of benzene rings is 1. The minimum Gasteiger partial charge on any atom is -0.310 e. The summed E-state index contributed by atoms with van der Waals surface area (Å²) in [6, 6.07) is 5.30. The van der Waals surface area contributed by atoms with Crippen molar-refractivity contribution in [3.05, 3.63) is 51.0 Å². The zero-order valence-corrected chi connectivity index (χ0v) is 14.5. The Bertz CT molecular complexity index is 637. The van der Waals surface area contributed by atoms with Gasteiger partial charge >= 0.3 is 0 Å². The molecule has 1 aromatic heterocycles. The second-order valence-electron chi connectivity index (χ2n) is 5.24. The number of nitrogens with zero attached hydrogens (tertiary/aromatic N) is 2. The first kappa shape index (κ1) is 16.2. The molecule has 0 fully saturated rings. The quantitative estimate of drug-likeness (QED) is 0.884. The number of aromatic nitrogens is 2. The van der Waals surface area contributed by atoms with Gasteiger partial charge in [-0.15, -0.1) is 0 Å². The van der Waals surface area contributed by atoms with E-state index >= 15 is 0 Å². The predicted octanol–water partition coefficient (Wildman–Crippen LogP) is 3.83. The fourth-order valence-corrected chi connectivity index (χ4v) is 3.17. The Labute approximate surface area is 133 Å². The lowest BCUT2D eigenvalue weighted by Crippen LogP contribution is -2.24. The third kappa shape index (κ3) is 3.35. The summed E-state index contributed by atoms with van der Waals surface area (Å²) >= 11 is 3.35. The van der Waals surface area contributed by atoms with E-state index in [2.05, 4.69) is 40.2 Å². The summed E-state index contributed by atoms with van der Waals surface area (Å²) in [4.78, 5) is 0. The third-order valence-electron chi connectivity index (χ3n) is 3.82. The molecule has 2 aromatic rings. The van der Waals surface area contributed by atoms with E-state index in [-0.39, 0.29) is 11.9 Å². The van der Waals surface area contributed by atoms with E-state index in [1.54, 1.807) is 6.07 Å². The highest BCUT2D eigenvalue weighted by molar-refractivity contribution is 9.10. The molecule has 0 aliphatic rings. The van der Waals surface area contributed by atoms with Crippen LogP contribution in [0.25, 0.3) is 0 Å². The molecule has 1 atom stereocenters. The standard InChI is InChI=1S/C16H21BrFN3/c1-5-19-14(15-10(2)20-21(4)11(15)3)9-12-7-6-8-13(18)16(12)17/h6-8,14,19H,5,9H2,1-4H3. The maximum absolute atomic E-state index is 13.7. The second-order valence-corrected chi connectivity index (χ2v) is 6.03. The Morgan fingerprint density at radius 3 is 2.67 bits per heavy atom. The summed E-state index contributed by atoms with van der Waals surface area (Å²) in [6.45, 7) is 7.02. The highest BCUT2D eigenvalue weighted by Crippen LogP contribution is 2.28. The molecule has 0 amide bonds. The molecule has 0 aliphatic carbocycles. The number of hydrogen-bond acceptors (Lipinski definition) is 2. The van der Waals surface area contributed by atoms with Crippen LogP contribution in [0.5, 0.6) is 0 Å². The topological polar surface area (TPSA) is 29.9 Å². The van der Waals surface area contributed by atoms with E-state index in [1.807, 2.05) is 24.7 Å². The van der Waals surface area contributed by atoms with Crippen molar-refractivity contribution in [1.29, 1.82) is 0 Å². The van der Waals surface area contributed by atoms with Crippen LogP contribution in [0.1, 0.15) is 35.5 Å². The molecule has 0 radical (unpaired) electrons. The van der Waals surface area contributed by atoms with E-state index < -0.39 is 0 Å². The molecule has 5 heteroatoms. The van der Waals surface area contributed by atoms with Crippen molar-refractivity contribution in [2.24, 2.45) is 7.05 Å². The lowest BCUT2D eigenvalue weighted by molar-refractivity contribution is 0.539. The van der Waals surface area contributed by atoms with Crippen LogP contribution < -0.4 is 5.32 Å². The molecule has 1 aromatic carbocycles. The van der Waals surface area contributed by atoms with Gasteiger partial charge in [-0.1, -0.05) is 19.1 Å². The molecule has 1 heterocycles. The zero-order valence-electron chi connectivity index (χ0n) is 12.9. The summed E-state index contributed by atoms with van der Waals surface area (Å²) in [5, 5.41) is 7.98. The molecule has 21 heavy (non-hydrogen) atoms. The molecule has 1 unspecified atom stereocenters. The first-order chi connectivity index (χ1) is 9.95. The largest absolute Gasteiger partial charge is 0.310 e. The monoisotopic (exact) mass is 353 g/mol. The molecular formula is C16H21BrFN3. The van der Waals surface area contributed by atoms with Gasteiger partial charge in [0.2, 0.25) is 0 Å². The summed E-state index contributed by atoms with van der Waals surface area (Å²) < 4.78 is 16.1. The number of nitrogens with one attached hydrogen (secondary N) is 1. The maximum Gasteiger partial charge on any atom is 0.137 e. The van der Waals surface area contributed by atoms with Crippen molar-refractivity contribution >= 4 is 15.9 Å². The van der Waals surface area contributed by atoms with E-state index in [9.17, 15) is 4.39 Å². The molecule has 0 spiro atoms. The number of rotatable bonds is 5. The van der Waals surface area contributed by atoms with Crippen LogP contribution in [0, 0.1) is 19.7 Å². The minimum atomic E-state index is -0.220. The van der Waals surface area contributed by atoms with Crippen LogP contribution in [0.2, 0.25) is 0 Å². The Balaban J connectivity index is 2.38. The zero-order chi connectivity index (χ0) is 15.6. The number of aryl methyl sites for hydroxylation is 2. The van der Waals surface area contributed by atoms with E-state index in [0.717, 1.165) is 29.9 Å². The second kappa shape index (κ2) is 6.71. The van der Waals surface area contributed by atoms with Crippen LogP contribution in [0.3, 0.4) is 0 Å². The Kier molecular flexibility index (Phi) is 5.17. The first-order valence-electron chi connectivity index (χ1n) is 7.12. The van der Waals surface area contributed by atoms with Crippen molar-refractivity contribution < 1.29 is 4.39 Å². The van der Waals surface area contributed by atoms with E-state index in [0.29, 0.717) is 4.47 Å². The highest BCUT2D eigenvalue weighted by atomic mass is 79.9. The third-order valence-corrected chi connectivity index (χ3v) is 4.71. The van der Waals surface area contributed by atoms with Gasteiger partial charge in [-0.2, -0.15) is 5.10 Å². The first-order valence-corrected chi connectivity index (χ1v) is 7.91.